The number of rotatable bonds is 4. The Kier molecular flexibility index (Phi) is 4.87. The second-order valence-corrected chi connectivity index (χ2v) is 5.54. The van der Waals surface area contributed by atoms with Gasteiger partial charge in [0.05, 0.1) is 6.54 Å². The highest BCUT2D eigenvalue weighted by molar-refractivity contribution is 5.74. The van der Waals surface area contributed by atoms with Gasteiger partial charge in [-0.1, -0.05) is 5.92 Å². The van der Waals surface area contributed by atoms with Gasteiger partial charge in [0.25, 0.3) is 5.56 Å². The molecule has 1 saturated heterocycles. The summed E-state index contributed by atoms with van der Waals surface area (Å²) >= 11 is 0. The van der Waals surface area contributed by atoms with Crippen molar-refractivity contribution in [3.63, 3.8) is 0 Å². The molecule has 1 aliphatic heterocycles. The Labute approximate surface area is 144 Å². The molecule has 0 aromatic carbocycles. The van der Waals surface area contributed by atoms with Crippen LogP contribution in [-0.2, 0) is 13.6 Å². The van der Waals surface area contributed by atoms with Gasteiger partial charge in [-0.2, -0.15) is 15.2 Å². The first-order chi connectivity index (χ1) is 12.2. The van der Waals surface area contributed by atoms with E-state index in [1.54, 1.807) is 18.5 Å². The Balaban J connectivity index is 2.18. The summed E-state index contributed by atoms with van der Waals surface area (Å²) in [5.74, 6) is 6.53. The third-order valence-electron chi connectivity index (χ3n) is 4.00. The van der Waals surface area contributed by atoms with Gasteiger partial charge in [0.1, 0.15) is 6.07 Å². The molecule has 9 heteroatoms. The van der Waals surface area contributed by atoms with E-state index in [4.69, 9.17) is 10.00 Å². The SMILES string of the molecule is CC#CCn1c(N2CCNCC2)nc2nc(OCC#N)n(C)c(=O)c21. The maximum Gasteiger partial charge on any atom is 0.302 e. The van der Waals surface area contributed by atoms with Crippen molar-refractivity contribution in [2.75, 3.05) is 37.7 Å². The van der Waals surface area contributed by atoms with E-state index >= 15 is 0 Å². The van der Waals surface area contributed by atoms with Crippen molar-refractivity contribution in [2.45, 2.75) is 13.5 Å². The fourth-order valence-electron chi connectivity index (χ4n) is 2.77. The molecule has 0 unspecified atom stereocenters. The average Bonchev–Trinajstić information content (AvgIpc) is 3.01. The van der Waals surface area contributed by atoms with Crippen molar-refractivity contribution < 1.29 is 4.74 Å². The summed E-state index contributed by atoms with van der Waals surface area (Å²) in [6, 6.07) is 1.95. The standard InChI is InChI=1S/C16H19N7O2/c1-3-4-8-23-12-13(19-15(23)22-9-6-18-7-10-22)20-16(25-11-5-17)21(2)14(12)24/h18H,6-11H2,1-2H3. The molecule has 2 aromatic rings. The molecule has 0 atom stereocenters. The molecule has 0 bridgehead atoms. The average molecular weight is 341 g/mol. The summed E-state index contributed by atoms with van der Waals surface area (Å²) in [5.41, 5.74) is 0.426. The number of nitriles is 1. The summed E-state index contributed by atoms with van der Waals surface area (Å²) in [6.07, 6.45) is 0. The van der Waals surface area contributed by atoms with Gasteiger partial charge in [0, 0.05) is 33.2 Å². The molecule has 9 nitrogen and oxygen atoms in total. The zero-order valence-corrected chi connectivity index (χ0v) is 14.2. The molecule has 3 heterocycles. The van der Waals surface area contributed by atoms with Crippen LogP contribution in [0.4, 0.5) is 5.95 Å². The van der Waals surface area contributed by atoms with E-state index in [2.05, 4.69) is 32.0 Å². The lowest BCUT2D eigenvalue weighted by atomic mass is 10.4. The van der Waals surface area contributed by atoms with Crippen molar-refractivity contribution >= 4 is 17.1 Å². The Hall–Kier alpha value is -3.04. The summed E-state index contributed by atoms with van der Waals surface area (Å²) in [6.45, 7) is 5.23. The monoisotopic (exact) mass is 341 g/mol. The molecular weight excluding hydrogens is 322 g/mol. The largest absolute Gasteiger partial charge is 0.449 e. The molecule has 0 spiro atoms. The molecular formula is C16H19N7O2. The summed E-state index contributed by atoms with van der Waals surface area (Å²) in [4.78, 5) is 23.8. The van der Waals surface area contributed by atoms with Crippen LogP contribution in [-0.4, -0.2) is 51.9 Å². The van der Waals surface area contributed by atoms with Crippen molar-refractivity contribution in [1.29, 1.82) is 5.26 Å². The van der Waals surface area contributed by atoms with Crippen LogP contribution in [0.5, 0.6) is 6.01 Å². The number of ether oxygens (including phenoxy) is 1. The van der Waals surface area contributed by atoms with E-state index in [0.717, 1.165) is 26.2 Å². The van der Waals surface area contributed by atoms with Gasteiger partial charge in [0.15, 0.2) is 17.8 Å². The van der Waals surface area contributed by atoms with Crippen LogP contribution in [0, 0.1) is 23.2 Å². The summed E-state index contributed by atoms with van der Waals surface area (Å²) in [7, 11) is 1.56. The summed E-state index contributed by atoms with van der Waals surface area (Å²) in [5, 5.41) is 12.0. The molecule has 1 fully saturated rings. The van der Waals surface area contributed by atoms with Gasteiger partial charge >= 0.3 is 6.01 Å². The van der Waals surface area contributed by atoms with E-state index in [0.29, 0.717) is 23.7 Å². The molecule has 0 amide bonds. The number of anilines is 1. The van der Waals surface area contributed by atoms with E-state index in [1.807, 2.05) is 6.07 Å². The van der Waals surface area contributed by atoms with Crippen LogP contribution >= 0.6 is 0 Å². The number of hydrogen-bond donors (Lipinski definition) is 1. The van der Waals surface area contributed by atoms with Crippen LogP contribution in [0.15, 0.2) is 4.79 Å². The number of aromatic nitrogens is 4. The number of piperazine rings is 1. The topological polar surface area (TPSA) is 101 Å². The Morgan fingerprint density at radius 1 is 1.32 bits per heavy atom. The van der Waals surface area contributed by atoms with Gasteiger partial charge in [-0.05, 0) is 6.92 Å². The zero-order valence-electron chi connectivity index (χ0n) is 14.2. The van der Waals surface area contributed by atoms with Crippen molar-refractivity contribution in [2.24, 2.45) is 7.05 Å². The van der Waals surface area contributed by atoms with Gasteiger partial charge < -0.3 is 15.0 Å². The zero-order chi connectivity index (χ0) is 17.8. The molecule has 0 aliphatic carbocycles. The highest BCUT2D eigenvalue weighted by Crippen LogP contribution is 2.21. The highest BCUT2D eigenvalue weighted by atomic mass is 16.5. The minimum Gasteiger partial charge on any atom is -0.449 e. The van der Waals surface area contributed by atoms with Crippen molar-refractivity contribution in [1.82, 2.24) is 24.4 Å². The number of nitrogens with one attached hydrogen (secondary N) is 1. The molecule has 25 heavy (non-hydrogen) atoms. The van der Waals surface area contributed by atoms with Crippen molar-refractivity contribution in [3.8, 4) is 23.9 Å². The molecule has 1 N–H and O–H groups in total. The van der Waals surface area contributed by atoms with Crippen LogP contribution in [0.3, 0.4) is 0 Å². The third-order valence-corrected chi connectivity index (χ3v) is 4.00. The quantitative estimate of drug-likeness (QED) is 0.746. The normalized spacial score (nSPS) is 14.0. The number of fused-ring (bicyclic) bond motifs is 1. The molecule has 130 valence electrons. The Morgan fingerprint density at radius 3 is 2.76 bits per heavy atom. The molecule has 1 aliphatic rings. The lowest BCUT2D eigenvalue weighted by molar-refractivity contribution is 0.320. The first kappa shape index (κ1) is 16.8. The van der Waals surface area contributed by atoms with E-state index in [-0.39, 0.29) is 18.2 Å². The number of hydrogen-bond acceptors (Lipinski definition) is 7. The van der Waals surface area contributed by atoms with Crippen LogP contribution in [0.1, 0.15) is 6.92 Å². The first-order valence-electron chi connectivity index (χ1n) is 7.99. The Bertz CT molecular complexity index is 936. The van der Waals surface area contributed by atoms with Crippen LogP contribution in [0.2, 0.25) is 0 Å². The lowest BCUT2D eigenvalue weighted by Gasteiger charge is -2.28. The number of imidazole rings is 1. The Morgan fingerprint density at radius 2 is 2.08 bits per heavy atom. The molecule has 3 rings (SSSR count). The minimum atomic E-state index is -0.273. The smallest absolute Gasteiger partial charge is 0.302 e. The van der Waals surface area contributed by atoms with Gasteiger partial charge in [-0.15, -0.1) is 5.92 Å². The second kappa shape index (κ2) is 7.24. The fourth-order valence-corrected chi connectivity index (χ4v) is 2.77. The highest BCUT2D eigenvalue weighted by Gasteiger charge is 2.23. The first-order valence-corrected chi connectivity index (χ1v) is 7.99. The predicted octanol–water partition coefficient (Wildman–Crippen LogP) is -0.535. The number of nitrogens with zero attached hydrogens (tertiary/aromatic N) is 6. The lowest BCUT2D eigenvalue weighted by Crippen LogP contribution is -2.44. The van der Waals surface area contributed by atoms with Gasteiger partial charge in [-0.25, -0.2) is 0 Å². The maximum absolute atomic E-state index is 12.8. The third kappa shape index (κ3) is 3.14. The van der Waals surface area contributed by atoms with E-state index < -0.39 is 0 Å². The van der Waals surface area contributed by atoms with Crippen LogP contribution < -0.4 is 20.5 Å². The van der Waals surface area contributed by atoms with Crippen molar-refractivity contribution in [3.05, 3.63) is 10.4 Å². The minimum absolute atomic E-state index is 0.0807. The summed E-state index contributed by atoms with van der Waals surface area (Å²) < 4.78 is 8.34. The maximum atomic E-state index is 12.8. The van der Waals surface area contributed by atoms with Gasteiger partial charge in [-0.3, -0.25) is 13.9 Å². The van der Waals surface area contributed by atoms with Gasteiger partial charge in [0.2, 0.25) is 5.95 Å². The molecule has 0 radical (unpaired) electrons. The fraction of sp³-hybridized carbons (Fsp3) is 0.500. The van der Waals surface area contributed by atoms with E-state index in [9.17, 15) is 4.79 Å². The van der Waals surface area contributed by atoms with E-state index in [1.165, 1.54) is 4.57 Å². The second-order valence-electron chi connectivity index (χ2n) is 5.54. The molecule has 0 saturated carbocycles. The van der Waals surface area contributed by atoms with Crippen LogP contribution in [0.25, 0.3) is 11.2 Å². The predicted molar refractivity (Wildman–Crippen MR) is 92.4 cm³/mol. The molecule has 2 aromatic heterocycles.